The third kappa shape index (κ3) is 12.4. The topological polar surface area (TPSA) is 0 Å². The second-order valence-corrected chi connectivity index (χ2v) is 18.6. The van der Waals surface area contributed by atoms with Crippen LogP contribution in [-0.2, 0) is 0 Å². The Morgan fingerprint density at radius 3 is 2.00 bits per heavy atom. The standard InChI is InChI=1S/C10H17.3CH3.Sn/c1-3-5-7-9-10-8-6-4-2;;;;/h3,5-10H2,1H3;3*1H3;. The van der Waals surface area contributed by atoms with Crippen molar-refractivity contribution >= 4 is 18.4 Å². The molecule has 82 valence electrons. The van der Waals surface area contributed by atoms with Crippen molar-refractivity contribution in [3.8, 4) is 9.86 Å². The van der Waals surface area contributed by atoms with Crippen LogP contribution in [0.4, 0.5) is 0 Å². The molecule has 0 aromatic heterocycles. The first-order chi connectivity index (χ1) is 6.56. The molecule has 0 N–H and O–H groups in total. The molecule has 0 aliphatic heterocycles. The summed E-state index contributed by atoms with van der Waals surface area (Å²) < 4.78 is 3.48. The zero-order valence-corrected chi connectivity index (χ0v) is 13.3. The first kappa shape index (κ1) is 14.4. The Balaban J connectivity index is 3.24. The maximum atomic E-state index is 3.48. The second-order valence-electron chi connectivity index (χ2n) is 5.07. The van der Waals surface area contributed by atoms with E-state index in [2.05, 4.69) is 31.6 Å². The molecule has 0 aromatic carbocycles. The Bertz CT molecular complexity index is 178. The van der Waals surface area contributed by atoms with E-state index in [1.165, 1.54) is 38.5 Å². The molecule has 0 nitrogen and oxygen atoms in total. The van der Waals surface area contributed by atoms with Crippen LogP contribution in [0.5, 0.6) is 0 Å². The molecule has 0 rings (SSSR count). The molecule has 0 aliphatic rings. The molecule has 1 heteroatoms. The van der Waals surface area contributed by atoms with Crippen LogP contribution >= 0.6 is 0 Å². The Labute approximate surface area is 94.7 Å². The van der Waals surface area contributed by atoms with Crippen LogP contribution in [0.25, 0.3) is 0 Å². The fourth-order valence-electron chi connectivity index (χ4n) is 1.32. The van der Waals surface area contributed by atoms with Gasteiger partial charge in [0.15, 0.2) is 0 Å². The van der Waals surface area contributed by atoms with E-state index in [0.29, 0.717) is 0 Å². The Hall–Kier alpha value is 0.359. The first-order valence-corrected chi connectivity index (χ1v) is 16.1. The first-order valence-electron chi connectivity index (χ1n) is 6.06. The summed E-state index contributed by atoms with van der Waals surface area (Å²) in [5, 5.41) is 0. The van der Waals surface area contributed by atoms with Crippen molar-refractivity contribution in [3.63, 3.8) is 0 Å². The molecule has 0 atom stereocenters. The van der Waals surface area contributed by atoms with Gasteiger partial charge in [-0.1, -0.05) is 0 Å². The van der Waals surface area contributed by atoms with Gasteiger partial charge in [0.05, 0.1) is 0 Å². The van der Waals surface area contributed by atoms with Crippen molar-refractivity contribution in [3.05, 3.63) is 0 Å². The summed E-state index contributed by atoms with van der Waals surface area (Å²) in [5.74, 6) is 3.36. The van der Waals surface area contributed by atoms with E-state index in [1.807, 2.05) is 0 Å². The van der Waals surface area contributed by atoms with Crippen LogP contribution in [0, 0.1) is 9.86 Å². The summed E-state index contributed by atoms with van der Waals surface area (Å²) in [4.78, 5) is 7.13. The fourth-order valence-corrected chi connectivity index (χ4v) is 3.19. The number of rotatable bonds is 6. The van der Waals surface area contributed by atoms with Crippen LogP contribution in [-0.4, -0.2) is 18.4 Å². The van der Waals surface area contributed by atoms with E-state index in [-0.39, 0.29) is 0 Å². The predicted octanol–water partition coefficient (Wildman–Crippen LogP) is 4.62. The van der Waals surface area contributed by atoms with Crippen LogP contribution in [0.3, 0.4) is 0 Å². The van der Waals surface area contributed by atoms with Crippen molar-refractivity contribution in [2.45, 2.75) is 66.7 Å². The van der Waals surface area contributed by atoms with Gasteiger partial charge in [-0.15, -0.1) is 0 Å². The zero-order chi connectivity index (χ0) is 10.9. The van der Waals surface area contributed by atoms with Crippen LogP contribution < -0.4 is 0 Å². The molecule has 0 fully saturated rings. The third-order valence-corrected chi connectivity index (χ3v) is 4.76. The van der Waals surface area contributed by atoms with Gasteiger partial charge in [-0.2, -0.15) is 0 Å². The van der Waals surface area contributed by atoms with Crippen LogP contribution in [0.1, 0.15) is 51.9 Å². The van der Waals surface area contributed by atoms with Gasteiger partial charge in [0.1, 0.15) is 0 Å². The maximum absolute atomic E-state index is 3.48. The predicted molar refractivity (Wildman–Crippen MR) is 69.1 cm³/mol. The van der Waals surface area contributed by atoms with Gasteiger partial charge >= 0.3 is 94.9 Å². The van der Waals surface area contributed by atoms with Gasteiger partial charge in [0, 0.05) is 0 Å². The summed E-state index contributed by atoms with van der Waals surface area (Å²) >= 11 is -1.76. The fraction of sp³-hybridized carbons (Fsp3) is 0.846. The average molecular weight is 301 g/mol. The van der Waals surface area contributed by atoms with Crippen molar-refractivity contribution in [1.29, 1.82) is 0 Å². The van der Waals surface area contributed by atoms with Gasteiger partial charge in [0.2, 0.25) is 0 Å². The molecule has 0 aromatic rings. The van der Waals surface area contributed by atoms with E-state index in [4.69, 9.17) is 0 Å². The summed E-state index contributed by atoms with van der Waals surface area (Å²) in [6.07, 6.45) is 9.42. The van der Waals surface area contributed by atoms with Gasteiger partial charge in [-0.05, 0) is 0 Å². The molecular formula is C13H26Sn. The summed E-state index contributed by atoms with van der Waals surface area (Å²) in [5.41, 5.74) is 0. The minimum atomic E-state index is -1.76. The molecular weight excluding hydrogens is 275 g/mol. The van der Waals surface area contributed by atoms with Crippen LogP contribution in [0.2, 0.25) is 14.8 Å². The molecule has 0 amide bonds. The van der Waals surface area contributed by atoms with E-state index in [1.54, 1.807) is 0 Å². The van der Waals surface area contributed by atoms with Gasteiger partial charge in [-0.25, -0.2) is 0 Å². The molecule has 0 radical (unpaired) electrons. The molecule has 0 saturated carbocycles. The van der Waals surface area contributed by atoms with Gasteiger partial charge in [-0.3, -0.25) is 0 Å². The van der Waals surface area contributed by atoms with Gasteiger partial charge < -0.3 is 0 Å². The molecule has 0 bridgehead atoms. The number of hydrogen-bond acceptors (Lipinski definition) is 0. The monoisotopic (exact) mass is 302 g/mol. The Morgan fingerprint density at radius 2 is 1.43 bits per heavy atom. The van der Waals surface area contributed by atoms with Crippen molar-refractivity contribution in [2.24, 2.45) is 0 Å². The third-order valence-electron chi connectivity index (χ3n) is 2.12. The number of unbranched alkanes of at least 4 members (excludes halogenated alkanes) is 6. The van der Waals surface area contributed by atoms with Gasteiger partial charge in [0.25, 0.3) is 0 Å². The summed E-state index contributed by atoms with van der Waals surface area (Å²) in [6.45, 7) is 2.27. The minimum absolute atomic E-state index is 1.14. The Kier molecular flexibility index (Phi) is 8.87. The van der Waals surface area contributed by atoms with Crippen molar-refractivity contribution in [1.82, 2.24) is 0 Å². The summed E-state index contributed by atoms with van der Waals surface area (Å²) in [6, 6.07) is 0. The quantitative estimate of drug-likeness (QED) is 0.381. The summed E-state index contributed by atoms with van der Waals surface area (Å²) in [7, 11) is 0. The second kappa shape index (κ2) is 8.65. The van der Waals surface area contributed by atoms with E-state index in [9.17, 15) is 0 Å². The normalized spacial score (nSPS) is 10.9. The zero-order valence-electron chi connectivity index (χ0n) is 10.4. The molecule has 0 spiro atoms. The van der Waals surface area contributed by atoms with Crippen LogP contribution in [0.15, 0.2) is 0 Å². The Morgan fingerprint density at radius 1 is 0.857 bits per heavy atom. The van der Waals surface area contributed by atoms with E-state index >= 15 is 0 Å². The molecule has 0 aliphatic carbocycles. The molecule has 0 saturated heterocycles. The number of hydrogen-bond donors (Lipinski definition) is 0. The van der Waals surface area contributed by atoms with E-state index in [0.717, 1.165) is 6.42 Å². The van der Waals surface area contributed by atoms with E-state index < -0.39 is 18.4 Å². The molecule has 0 heterocycles. The molecule has 0 unspecified atom stereocenters. The average Bonchev–Trinajstić information content (AvgIpc) is 2.08. The molecule has 14 heavy (non-hydrogen) atoms. The van der Waals surface area contributed by atoms with Crippen molar-refractivity contribution < 1.29 is 0 Å². The SMILES string of the molecule is CCCCCCCCC#[C][Sn]([CH3])([CH3])[CH3]. The van der Waals surface area contributed by atoms with Crippen molar-refractivity contribution in [2.75, 3.05) is 0 Å².